The molecule has 5 aromatic heterocycles. The van der Waals surface area contributed by atoms with Gasteiger partial charge in [0.25, 0.3) is 0 Å². The summed E-state index contributed by atoms with van der Waals surface area (Å²) in [4.78, 5) is 13.6. The highest BCUT2D eigenvalue weighted by molar-refractivity contribution is 6.19. The number of pyridine rings is 3. The number of furan rings is 1. The molecule has 0 unspecified atom stereocenters. The lowest BCUT2D eigenvalue weighted by molar-refractivity contribution is 0.619. The maximum atomic E-state index is 5.98. The average molecular weight is 515 g/mol. The Hall–Kier alpha value is -5.55. The number of hydrogen-bond acceptors (Lipinski definition) is 4. The molecule has 5 heteroatoms. The van der Waals surface area contributed by atoms with E-state index in [0.717, 1.165) is 72.1 Å². The highest BCUT2D eigenvalue weighted by Crippen LogP contribution is 2.38. The maximum Gasteiger partial charge on any atom is 0.143 e. The third kappa shape index (κ3) is 3.60. The number of fused-ring (bicyclic) bond motifs is 5. The second-order valence-corrected chi connectivity index (χ2v) is 9.80. The molecular formula is C35H22N4O. The summed E-state index contributed by atoms with van der Waals surface area (Å²) < 4.78 is 8.22. The van der Waals surface area contributed by atoms with Crippen LogP contribution in [0, 0.1) is 0 Å². The van der Waals surface area contributed by atoms with Gasteiger partial charge in [-0.3, -0.25) is 14.5 Å². The Kier molecular flexibility index (Phi) is 5.07. The van der Waals surface area contributed by atoms with Gasteiger partial charge >= 0.3 is 0 Å². The number of rotatable bonds is 4. The van der Waals surface area contributed by atoms with E-state index in [1.54, 1.807) is 18.7 Å². The highest BCUT2D eigenvalue weighted by atomic mass is 16.3. The summed E-state index contributed by atoms with van der Waals surface area (Å²) in [7, 11) is 0. The predicted octanol–water partition coefficient (Wildman–Crippen LogP) is 8.72. The number of hydrogen-bond donors (Lipinski definition) is 0. The van der Waals surface area contributed by atoms with Gasteiger partial charge in [-0.05, 0) is 82.9 Å². The quantitative estimate of drug-likeness (QED) is 0.236. The zero-order chi connectivity index (χ0) is 26.5. The molecule has 0 atom stereocenters. The molecule has 188 valence electrons. The molecule has 0 saturated carbocycles. The van der Waals surface area contributed by atoms with E-state index in [4.69, 9.17) is 9.40 Å². The van der Waals surface area contributed by atoms with Crippen LogP contribution >= 0.6 is 0 Å². The molecule has 0 bridgehead atoms. The molecule has 0 aliphatic rings. The van der Waals surface area contributed by atoms with Crippen molar-refractivity contribution in [3.63, 3.8) is 0 Å². The number of benzene rings is 3. The largest absolute Gasteiger partial charge is 0.464 e. The first-order valence-electron chi connectivity index (χ1n) is 13.2. The van der Waals surface area contributed by atoms with E-state index in [1.165, 1.54) is 0 Å². The average Bonchev–Trinajstić information content (AvgIpc) is 3.64. The standard InChI is InChI=1S/C35H22N4O/c1-2-4-31-29(3-1)34-32(10-9-27-15-20-40-35(27)34)39(31)33-22-28(21-30(38-33)26-13-18-37-19-14-26)24-7-5-23(6-8-24)25-11-16-36-17-12-25/h1-22H. The van der Waals surface area contributed by atoms with Crippen LogP contribution in [0.5, 0.6) is 0 Å². The second kappa shape index (κ2) is 9.03. The van der Waals surface area contributed by atoms with Crippen molar-refractivity contribution in [3.8, 4) is 39.3 Å². The molecule has 0 radical (unpaired) electrons. The summed E-state index contributed by atoms with van der Waals surface area (Å²) in [6.45, 7) is 0. The van der Waals surface area contributed by atoms with Crippen molar-refractivity contribution in [3.05, 3.63) is 134 Å². The second-order valence-electron chi connectivity index (χ2n) is 9.80. The van der Waals surface area contributed by atoms with Crippen LogP contribution in [0.1, 0.15) is 0 Å². The van der Waals surface area contributed by atoms with Crippen LogP contribution in [0.2, 0.25) is 0 Å². The number of aromatic nitrogens is 4. The summed E-state index contributed by atoms with van der Waals surface area (Å²) in [5.41, 5.74) is 9.43. The van der Waals surface area contributed by atoms with Gasteiger partial charge in [-0.25, -0.2) is 4.98 Å². The summed E-state index contributed by atoms with van der Waals surface area (Å²) >= 11 is 0. The van der Waals surface area contributed by atoms with Crippen molar-refractivity contribution in [2.75, 3.05) is 0 Å². The molecule has 8 rings (SSSR count). The molecular weight excluding hydrogens is 492 g/mol. The molecule has 5 nitrogen and oxygen atoms in total. The van der Waals surface area contributed by atoms with Gasteiger partial charge in [0.1, 0.15) is 11.4 Å². The fourth-order valence-electron chi connectivity index (χ4n) is 5.59. The Labute approximate surface area is 230 Å². The molecule has 8 aromatic rings. The molecule has 0 aliphatic heterocycles. The van der Waals surface area contributed by atoms with E-state index >= 15 is 0 Å². The minimum atomic E-state index is 0.847. The third-order valence-corrected chi connectivity index (χ3v) is 7.50. The summed E-state index contributed by atoms with van der Waals surface area (Å²) in [5, 5.41) is 3.32. The molecule has 0 amide bonds. The van der Waals surface area contributed by atoms with Gasteiger partial charge in [-0.2, -0.15) is 0 Å². The van der Waals surface area contributed by atoms with Crippen molar-refractivity contribution in [2.24, 2.45) is 0 Å². The fraction of sp³-hybridized carbons (Fsp3) is 0. The Balaban J connectivity index is 1.38. The molecule has 3 aromatic carbocycles. The van der Waals surface area contributed by atoms with Gasteiger partial charge in [-0.1, -0.05) is 42.5 Å². The van der Waals surface area contributed by atoms with Crippen LogP contribution in [0.15, 0.2) is 139 Å². The van der Waals surface area contributed by atoms with E-state index in [-0.39, 0.29) is 0 Å². The van der Waals surface area contributed by atoms with Crippen LogP contribution in [-0.4, -0.2) is 19.5 Å². The third-order valence-electron chi connectivity index (χ3n) is 7.50. The summed E-state index contributed by atoms with van der Waals surface area (Å²) in [6.07, 6.45) is 9.01. The van der Waals surface area contributed by atoms with E-state index in [1.807, 2.05) is 42.7 Å². The van der Waals surface area contributed by atoms with Crippen molar-refractivity contribution < 1.29 is 4.42 Å². The summed E-state index contributed by atoms with van der Waals surface area (Å²) in [6, 6.07) is 35.8. The fourth-order valence-corrected chi connectivity index (χ4v) is 5.59. The molecule has 0 fully saturated rings. The molecule has 0 saturated heterocycles. The van der Waals surface area contributed by atoms with Gasteiger partial charge in [0.15, 0.2) is 0 Å². The smallest absolute Gasteiger partial charge is 0.143 e. The first-order valence-corrected chi connectivity index (χ1v) is 13.2. The molecule has 40 heavy (non-hydrogen) atoms. The zero-order valence-electron chi connectivity index (χ0n) is 21.4. The van der Waals surface area contributed by atoms with Crippen LogP contribution in [0.4, 0.5) is 0 Å². The topological polar surface area (TPSA) is 56.7 Å². The Bertz CT molecular complexity index is 2140. The lowest BCUT2D eigenvalue weighted by atomic mass is 10.00. The monoisotopic (exact) mass is 514 g/mol. The lowest BCUT2D eigenvalue weighted by Gasteiger charge is -2.13. The lowest BCUT2D eigenvalue weighted by Crippen LogP contribution is -2.00. The highest BCUT2D eigenvalue weighted by Gasteiger charge is 2.18. The van der Waals surface area contributed by atoms with E-state index in [0.29, 0.717) is 0 Å². The van der Waals surface area contributed by atoms with Gasteiger partial charge in [0, 0.05) is 41.1 Å². The normalized spacial score (nSPS) is 11.5. The number of nitrogens with zero attached hydrogens (tertiary/aromatic N) is 4. The van der Waals surface area contributed by atoms with Crippen LogP contribution in [0.25, 0.3) is 72.1 Å². The Morgan fingerprint density at radius 2 is 1.23 bits per heavy atom. The van der Waals surface area contributed by atoms with Crippen molar-refractivity contribution in [2.45, 2.75) is 0 Å². The van der Waals surface area contributed by atoms with Crippen LogP contribution < -0.4 is 0 Å². The predicted molar refractivity (Wildman–Crippen MR) is 160 cm³/mol. The van der Waals surface area contributed by atoms with E-state index in [9.17, 15) is 0 Å². The first-order chi connectivity index (χ1) is 19.8. The van der Waals surface area contributed by atoms with E-state index in [2.05, 4.69) is 87.3 Å². The summed E-state index contributed by atoms with van der Waals surface area (Å²) in [5.74, 6) is 0.847. The maximum absolute atomic E-state index is 5.98. The molecule has 0 N–H and O–H groups in total. The zero-order valence-corrected chi connectivity index (χ0v) is 21.4. The molecule has 0 aliphatic carbocycles. The van der Waals surface area contributed by atoms with E-state index < -0.39 is 0 Å². The van der Waals surface area contributed by atoms with Crippen LogP contribution in [0.3, 0.4) is 0 Å². The molecule has 0 spiro atoms. The molecule has 5 heterocycles. The van der Waals surface area contributed by atoms with Gasteiger partial charge in [-0.15, -0.1) is 0 Å². The van der Waals surface area contributed by atoms with Gasteiger partial charge in [0.05, 0.1) is 28.4 Å². The number of para-hydroxylation sites is 1. The SMILES string of the molecule is c1ccc2c(c1)c1c3occc3ccc1n2-c1cc(-c2ccc(-c3ccncc3)cc2)cc(-c2ccncc2)n1. The van der Waals surface area contributed by atoms with Crippen molar-refractivity contribution in [1.82, 2.24) is 19.5 Å². The Morgan fingerprint density at radius 3 is 2.00 bits per heavy atom. The van der Waals surface area contributed by atoms with Crippen molar-refractivity contribution >= 4 is 32.8 Å². The van der Waals surface area contributed by atoms with Gasteiger partial charge < -0.3 is 4.42 Å². The minimum absolute atomic E-state index is 0.847. The first kappa shape index (κ1) is 22.4. The van der Waals surface area contributed by atoms with Crippen LogP contribution in [-0.2, 0) is 0 Å². The van der Waals surface area contributed by atoms with Gasteiger partial charge in [0.2, 0.25) is 0 Å². The minimum Gasteiger partial charge on any atom is -0.464 e. The van der Waals surface area contributed by atoms with Crippen molar-refractivity contribution in [1.29, 1.82) is 0 Å². The Morgan fingerprint density at radius 1 is 0.550 bits per heavy atom.